The van der Waals surface area contributed by atoms with E-state index >= 15 is 0 Å². The number of methoxy groups -OCH3 is 1. The van der Waals surface area contributed by atoms with Gasteiger partial charge in [-0.05, 0) is 59.9 Å². The molecule has 1 amide bonds. The standard InChI is InChI=1S/C25H27N3O4/c1-27-21-6-4-3-5-19(21)23(26-27)24(31)28-11-9-25(10-12-28)15-16(13-22(29)30)18-8-7-17(32-2)14-20(18)25/h3-8,14,16H,9-13,15H2,1-2H3,(H,29,30). The number of nitrogens with zero attached hydrogens (tertiary/aromatic N) is 3. The highest BCUT2D eigenvalue weighted by Gasteiger charge is 2.46. The lowest BCUT2D eigenvalue weighted by Gasteiger charge is -2.40. The molecule has 1 unspecified atom stereocenters. The maximum atomic E-state index is 13.3. The van der Waals surface area contributed by atoms with E-state index in [0.717, 1.165) is 41.5 Å². The van der Waals surface area contributed by atoms with E-state index in [1.165, 1.54) is 5.56 Å². The fourth-order valence-electron chi connectivity index (χ4n) is 5.69. The number of carboxylic acids is 1. The van der Waals surface area contributed by atoms with Gasteiger partial charge in [0, 0.05) is 25.5 Å². The summed E-state index contributed by atoms with van der Waals surface area (Å²) in [6.07, 6.45) is 2.54. The third-order valence-electron chi connectivity index (χ3n) is 7.30. The van der Waals surface area contributed by atoms with Crippen LogP contribution in [-0.2, 0) is 17.3 Å². The van der Waals surface area contributed by atoms with E-state index in [1.807, 2.05) is 48.3 Å². The number of aromatic nitrogens is 2. The van der Waals surface area contributed by atoms with Crippen molar-refractivity contribution in [1.82, 2.24) is 14.7 Å². The summed E-state index contributed by atoms with van der Waals surface area (Å²) in [6.45, 7) is 1.25. The molecule has 2 aliphatic rings. The van der Waals surface area contributed by atoms with Gasteiger partial charge in [-0.25, -0.2) is 0 Å². The molecule has 166 valence electrons. The van der Waals surface area contributed by atoms with Crippen LogP contribution in [0.5, 0.6) is 5.75 Å². The van der Waals surface area contributed by atoms with E-state index < -0.39 is 5.97 Å². The molecule has 7 heteroatoms. The normalized spacial score (nSPS) is 19.3. The van der Waals surface area contributed by atoms with Crippen LogP contribution in [0.1, 0.15) is 53.2 Å². The second-order valence-electron chi connectivity index (χ2n) is 9.01. The van der Waals surface area contributed by atoms with E-state index in [0.29, 0.717) is 18.8 Å². The van der Waals surface area contributed by atoms with Crippen LogP contribution >= 0.6 is 0 Å². The zero-order chi connectivity index (χ0) is 22.5. The molecule has 1 fully saturated rings. The molecule has 1 atom stereocenters. The van der Waals surface area contributed by atoms with Gasteiger partial charge in [-0.15, -0.1) is 0 Å². The quantitative estimate of drug-likeness (QED) is 0.678. The Bertz CT molecular complexity index is 1210. The molecular formula is C25H27N3O4. The number of piperidine rings is 1. The van der Waals surface area contributed by atoms with Crippen molar-refractivity contribution in [2.24, 2.45) is 7.05 Å². The Labute approximate surface area is 186 Å². The summed E-state index contributed by atoms with van der Waals surface area (Å²) in [5, 5.41) is 14.8. The molecule has 1 aromatic heterocycles. The van der Waals surface area contributed by atoms with Gasteiger partial charge < -0.3 is 14.7 Å². The Morgan fingerprint density at radius 3 is 2.66 bits per heavy atom. The van der Waals surface area contributed by atoms with Gasteiger partial charge in [0.1, 0.15) is 5.75 Å². The Hall–Kier alpha value is -3.35. The minimum atomic E-state index is -0.775. The summed E-state index contributed by atoms with van der Waals surface area (Å²) in [7, 11) is 3.51. The lowest BCUT2D eigenvalue weighted by Crippen LogP contribution is -2.44. The first-order valence-electron chi connectivity index (χ1n) is 11.0. The Balaban J connectivity index is 1.41. The predicted molar refractivity (Wildman–Crippen MR) is 120 cm³/mol. The molecule has 0 radical (unpaired) electrons. The van der Waals surface area contributed by atoms with Crippen molar-refractivity contribution >= 4 is 22.8 Å². The number of carboxylic acid groups (broad SMARTS) is 1. The first kappa shape index (κ1) is 20.5. The summed E-state index contributed by atoms with van der Waals surface area (Å²) < 4.78 is 7.21. The number of fused-ring (bicyclic) bond motifs is 3. The molecule has 1 saturated heterocycles. The molecule has 1 aliphatic carbocycles. The highest BCUT2D eigenvalue weighted by molar-refractivity contribution is 6.04. The molecule has 0 bridgehead atoms. The van der Waals surface area contributed by atoms with Gasteiger partial charge in [0.15, 0.2) is 5.69 Å². The van der Waals surface area contributed by atoms with Crippen LogP contribution in [0.2, 0.25) is 0 Å². The lowest BCUT2D eigenvalue weighted by molar-refractivity contribution is -0.137. The first-order chi connectivity index (χ1) is 15.4. The molecule has 2 aromatic carbocycles. The highest BCUT2D eigenvalue weighted by atomic mass is 16.5. The monoisotopic (exact) mass is 433 g/mol. The summed E-state index contributed by atoms with van der Waals surface area (Å²) in [5.41, 5.74) is 3.63. The van der Waals surface area contributed by atoms with Crippen LogP contribution in [0.3, 0.4) is 0 Å². The van der Waals surface area contributed by atoms with Gasteiger partial charge in [0.2, 0.25) is 0 Å². The predicted octanol–water partition coefficient (Wildman–Crippen LogP) is 3.72. The minimum Gasteiger partial charge on any atom is -0.497 e. The first-order valence-corrected chi connectivity index (χ1v) is 11.0. The third-order valence-corrected chi connectivity index (χ3v) is 7.30. The molecule has 1 N–H and O–H groups in total. The average Bonchev–Trinajstić information content (AvgIpc) is 3.28. The van der Waals surface area contributed by atoms with Crippen molar-refractivity contribution in [1.29, 1.82) is 0 Å². The number of likely N-dealkylation sites (tertiary alicyclic amines) is 1. The largest absolute Gasteiger partial charge is 0.497 e. The van der Waals surface area contributed by atoms with Gasteiger partial charge >= 0.3 is 5.97 Å². The zero-order valence-corrected chi connectivity index (χ0v) is 18.4. The number of hydrogen-bond acceptors (Lipinski definition) is 4. The molecule has 0 saturated carbocycles. The molecule has 5 rings (SSSR count). The Morgan fingerprint density at radius 2 is 1.94 bits per heavy atom. The Kier molecular flexibility index (Phi) is 4.92. The fourth-order valence-corrected chi connectivity index (χ4v) is 5.69. The zero-order valence-electron chi connectivity index (χ0n) is 18.4. The number of carbonyl (C=O) groups excluding carboxylic acids is 1. The molecule has 3 aromatic rings. The summed E-state index contributed by atoms with van der Waals surface area (Å²) in [4.78, 5) is 26.7. The van der Waals surface area contributed by atoms with Crippen molar-refractivity contribution in [2.45, 2.75) is 37.0 Å². The van der Waals surface area contributed by atoms with Crippen LogP contribution < -0.4 is 4.74 Å². The van der Waals surface area contributed by atoms with Crippen LogP contribution in [0, 0.1) is 0 Å². The average molecular weight is 434 g/mol. The Morgan fingerprint density at radius 1 is 1.19 bits per heavy atom. The maximum Gasteiger partial charge on any atom is 0.303 e. The number of hydrogen-bond donors (Lipinski definition) is 1. The lowest BCUT2D eigenvalue weighted by atomic mass is 9.73. The number of carbonyl (C=O) groups is 2. The number of benzene rings is 2. The van der Waals surface area contributed by atoms with Crippen LogP contribution in [-0.4, -0.2) is 51.9 Å². The maximum absolute atomic E-state index is 13.3. The summed E-state index contributed by atoms with van der Waals surface area (Å²) in [5.74, 6) is -0.0287. The van der Waals surface area contributed by atoms with E-state index in [1.54, 1.807) is 11.8 Å². The molecule has 32 heavy (non-hydrogen) atoms. The topological polar surface area (TPSA) is 84.7 Å². The van der Waals surface area contributed by atoms with E-state index in [9.17, 15) is 14.7 Å². The van der Waals surface area contributed by atoms with Gasteiger partial charge in [-0.3, -0.25) is 14.3 Å². The highest BCUT2D eigenvalue weighted by Crippen LogP contribution is 2.53. The van der Waals surface area contributed by atoms with E-state index in [4.69, 9.17) is 4.74 Å². The number of aryl methyl sites for hydroxylation is 1. The number of ether oxygens (including phenoxy) is 1. The van der Waals surface area contributed by atoms with E-state index in [-0.39, 0.29) is 23.7 Å². The molecule has 1 aliphatic heterocycles. The summed E-state index contributed by atoms with van der Waals surface area (Å²) in [6, 6.07) is 13.8. The van der Waals surface area contributed by atoms with Crippen LogP contribution in [0.15, 0.2) is 42.5 Å². The number of rotatable bonds is 4. The second-order valence-corrected chi connectivity index (χ2v) is 9.01. The third kappa shape index (κ3) is 3.23. The second kappa shape index (κ2) is 7.65. The van der Waals surface area contributed by atoms with Gasteiger partial charge in [-0.2, -0.15) is 5.10 Å². The fraction of sp³-hybridized carbons (Fsp3) is 0.400. The molecular weight excluding hydrogens is 406 g/mol. The van der Waals surface area contributed by atoms with Gasteiger partial charge in [0.05, 0.1) is 19.0 Å². The van der Waals surface area contributed by atoms with Crippen molar-refractivity contribution in [3.63, 3.8) is 0 Å². The SMILES string of the molecule is COc1ccc2c(c1)C1(CCN(C(=O)c3nn(C)c4ccccc34)CC1)CC2CC(=O)O. The number of aliphatic carboxylic acids is 1. The minimum absolute atomic E-state index is 0.00427. The molecule has 1 spiro atoms. The van der Waals surface area contributed by atoms with Crippen molar-refractivity contribution in [3.05, 3.63) is 59.3 Å². The summed E-state index contributed by atoms with van der Waals surface area (Å²) >= 11 is 0. The number of para-hydroxylation sites is 1. The number of amides is 1. The van der Waals surface area contributed by atoms with Crippen molar-refractivity contribution in [2.75, 3.05) is 20.2 Å². The molecule has 7 nitrogen and oxygen atoms in total. The van der Waals surface area contributed by atoms with Gasteiger partial charge in [0.25, 0.3) is 5.91 Å². The smallest absolute Gasteiger partial charge is 0.303 e. The molecule has 2 heterocycles. The van der Waals surface area contributed by atoms with Crippen molar-refractivity contribution < 1.29 is 19.4 Å². The van der Waals surface area contributed by atoms with Crippen LogP contribution in [0.25, 0.3) is 10.9 Å². The van der Waals surface area contributed by atoms with Crippen molar-refractivity contribution in [3.8, 4) is 5.75 Å². The van der Waals surface area contributed by atoms with Gasteiger partial charge in [-0.1, -0.05) is 24.3 Å². The van der Waals surface area contributed by atoms with Crippen LogP contribution in [0.4, 0.5) is 0 Å². The van der Waals surface area contributed by atoms with E-state index in [2.05, 4.69) is 11.2 Å².